The summed E-state index contributed by atoms with van der Waals surface area (Å²) in [6.07, 6.45) is 0. The van der Waals surface area contributed by atoms with Gasteiger partial charge in [0.2, 0.25) is 0 Å². The second kappa shape index (κ2) is 8.05. The molecule has 2 atom stereocenters. The minimum absolute atomic E-state index is 0.0636. The van der Waals surface area contributed by atoms with Crippen molar-refractivity contribution in [2.75, 3.05) is 13.2 Å². The molecule has 0 spiro atoms. The van der Waals surface area contributed by atoms with Gasteiger partial charge in [-0.05, 0) is 0 Å². The van der Waals surface area contributed by atoms with Crippen molar-refractivity contribution in [2.45, 2.75) is 39.8 Å². The lowest BCUT2D eigenvalue weighted by molar-refractivity contribution is -0.419. The van der Waals surface area contributed by atoms with Gasteiger partial charge in [-0.2, -0.15) is 0 Å². The molecular weight excluding hydrogens is 236 g/mol. The number of carbonyl (C=O) groups excluding carboxylic acids is 2. The van der Waals surface area contributed by atoms with Gasteiger partial charge in [-0.25, -0.2) is 9.59 Å². The molecule has 0 radical (unpaired) electrons. The summed E-state index contributed by atoms with van der Waals surface area (Å²) < 4.78 is 9.91. The second-order valence-electron chi connectivity index (χ2n) is 5.04. The molecule has 0 amide bonds. The second-order valence-corrected chi connectivity index (χ2v) is 5.04. The first-order chi connectivity index (χ1) is 8.27. The lowest BCUT2D eigenvalue weighted by atomic mass is 10.1. The first-order valence-electron chi connectivity index (χ1n) is 6.26. The highest BCUT2D eigenvalue weighted by atomic mass is 16.6. The van der Waals surface area contributed by atoms with E-state index in [2.05, 4.69) is 11.5 Å². The van der Waals surface area contributed by atoms with E-state index in [-0.39, 0.29) is 37.0 Å². The van der Waals surface area contributed by atoms with Crippen molar-refractivity contribution in [1.82, 2.24) is 0 Å². The number of rotatable bonds is 7. The van der Waals surface area contributed by atoms with Gasteiger partial charge in [0.25, 0.3) is 0 Å². The first kappa shape index (κ1) is 16.9. The van der Waals surface area contributed by atoms with Gasteiger partial charge in [-0.15, -0.1) is 0 Å². The zero-order chi connectivity index (χ0) is 14.3. The van der Waals surface area contributed by atoms with Crippen LogP contribution >= 0.6 is 0 Å². The van der Waals surface area contributed by atoms with E-state index < -0.39 is 12.1 Å². The predicted molar refractivity (Wildman–Crippen MR) is 64.9 cm³/mol. The summed E-state index contributed by atoms with van der Waals surface area (Å²) in [6.45, 7) is 7.72. The van der Waals surface area contributed by atoms with Crippen LogP contribution in [0.2, 0.25) is 0 Å². The van der Waals surface area contributed by atoms with Crippen LogP contribution < -0.4 is 11.5 Å². The molecule has 0 saturated carbocycles. The van der Waals surface area contributed by atoms with E-state index in [1.807, 2.05) is 27.7 Å². The van der Waals surface area contributed by atoms with Gasteiger partial charge in [0, 0.05) is 11.8 Å². The molecule has 0 aliphatic rings. The Morgan fingerprint density at radius 1 is 0.833 bits per heavy atom. The monoisotopic (exact) mass is 262 g/mol. The van der Waals surface area contributed by atoms with Crippen molar-refractivity contribution in [1.29, 1.82) is 0 Å². The summed E-state index contributed by atoms with van der Waals surface area (Å²) in [4.78, 5) is 22.9. The summed E-state index contributed by atoms with van der Waals surface area (Å²) in [5, 5.41) is 0. The van der Waals surface area contributed by atoms with Gasteiger partial charge in [-0.1, -0.05) is 27.7 Å². The first-order valence-corrected chi connectivity index (χ1v) is 6.26. The molecular formula is C12H26N2O4+2. The Kier molecular flexibility index (Phi) is 7.54. The molecule has 6 N–H and O–H groups in total. The fourth-order valence-electron chi connectivity index (χ4n) is 1.04. The van der Waals surface area contributed by atoms with Gasteiger partial charge in [0.1, 0.15) is 13.2 Å². The molecule has 18 heavy (non-hydrogen) atoms. The Balaban J connectivity index is 3.81. The third-order valence-electron chi connectivity index (χ3n) is 2.79. The van der Waals surface area contributed by atoms with Gasteiger partial charge in [0.05, 0.1) is 0 Å². The molecule has 0 unspecified atom stereocenters. The molecule has 0 aromatic carbocycles. The molecule has 0 bridgehead atoms. The number of hydrogen-bond acceptors (Lipinski definition) is 4. The van der Waals surface area contributed by atoms with Crippen LogP contribution in [-0.2, 0) is 19.1 Å². The number of esters is 2. The van der Waals surface area contributed by atoms with Crippen molar-refractivity contribution >= 4 is 11.9 Å². The van der Waals surface area contributed by atoms with Crippen LogP contribution in [0.4, 0.5) is 0 Å². The number of hydrogen-bond donors (Lipinski definition) is 2. The minimum atomic E-state index is -0.392. The van der Waals surface area contributed by atoms with E-state index in [4.69, 9.17) is 9.47 Å². The lowest BCUT2D eigenvalue weighted by Crippen LogP contribution is -2.68. The molecule has 106 valence electrons. The predicted octanol–water partition coefficient (Wildman–Crippen LogP) is -1.39. The van der Waals surface area contributed by atoms with Crippen LogP contribution in [0.5, 0.6) is 0 Å². The Morgan fingerprint density at radius 3 is 1.33 bits per heavy atom. The summed E-state index contributed by atoms with van der Waals surface area (Å²) in [5.74, 6) is -0.470. The molecule has 0 rings (SSSR count). The van der Waals surface area contributed by atoms with Gasteiger partial charge in [-0.3, -0.25) is 0 Å². The topological polar surface area (TPSA) is 108 Å². The molecule has 6 heteroatoms. The average molecular weight is 262 g/mol. The fourth-order valence-corrected chi connectivity index (χ4v) is 1.04. The molecule has 0 saturated heterocycles. The molecule has 0 heterocycles. The van der Waals surface area contributed by atoms with Gasteiger partial charge < -0.3 is 20.9 Å². The van der Waals surface area contributed by atoms with Gasteiger partial charge >= 0.3 is 11.9 Å². The maximum Gasteiger partial charge on any atom is 0.365 e. The number of carbonyl (C=O) groups is 2. The number of ether oxygens (including phenoxy) is 2. The fraction of sp³-hybridized carbons (Fsp3) is 0.833. The standard InChI is InChI=1S/C12H24N2O4/c1-7(2)9(13)11(15)17-5-6-18-12(16)10(14)8(3)4/h7-10H,5-6,13-14H2,1-4H3/p+2/t9-,10-/m0/s1. The maximum atomic E-state index is 11.4. The van der Waals surface area contributed by atoms with E-state index >= 15 is 0 Å². The zero-order valence-corrected chi connectivity index (χ0v) is 11.8. The van der Waals surface area contributed by atoms with Crippen LogP contribution in [0, 0.1) is 11.8 Å². The molecule has 6 nitrogen and oxygen atoms in total. The molecule has 0 aliphatic heterocycles. The summed E-state index contributed by atoms with van der Waals surface area (Å²) in [6, 6.07) is -0.783. The van der Waals surface area contributed by atoms with E-state index in [0.717, 1.165) is 0 Å². The smallest absolute Gasteiger partial charge is 0.365 e. The van der Waals surface area contributed by atoms with Crippen molar-refractivity contribution in [2.24, 2.45) is 11.8 Å². The SMILES string of the molecule is CC(C)[C@H]([NH3+])C(=O)OCCOC(=O)[C@@H]([NH3+])C(C)C. The highest BCUT2D eigenvalue weighted by molar-refractivity contribution is 5.75. The van der Waals surface area contributed by atoms with Crippen molar-refractivity contribution in [3.63, 3.8) is 0 Å². The van der Waals surface area contributed by atoms with Crippen molar-refractivity contribution in [3.05, 3.63) is 0 Å². The molecule has 0 aromatic rings. The lowest BCUT2D eigenvalue weighted by Gasteiger charge is -2.13. The van der Waals surface area contributed by atoms with E-state index in [1.54, 1.807) is 0 Å². The van der Waals surface area contributed by atoms with Crippen LogP contribution in [0.1, 0.15) is 27.7 Å². The molecule has 0 aromatic heterocycles. The third kappa shape index (κ3) is 5.97. The van der Waals surface area contributed by atoms with E-state index in [0.29, 0.717) is 0 Å². The number of quaternary nitrogens is 2. The average Bonchev–Trinajstić information content (AvgIpc) is 2.31. The zero-order valence-electron chi connectivity index (χ0n) is 11.8. The Labute approximate surface area is 108 Å². The van der Waals surface area contributed by atoms with Crippen molar-refractivity contribution < 1.29 is 30.5 Å². The Morgan fingerprint density at radius 2 is 1.11 bits per heavy atom. The van der Waals surface area contributed by atoms with Crippen LogP contribution in [0.25, 0.3) is 0 Å². The Bertz CT molecular complexity index is 251. The largest absolute Gasteiger partial charge is 0.458 e. The third-order valence-corrected chi connectivity index (χ3v) is 2.79. The molecule has 0 aliphatic carbocycles. The normalized spacial score (nSPS) is 14.4. The van der Waals surface area contributed by atoms with Crippen LogP contribution in [0.15, 0.2) is 0 Å². The quantitative estimate of drug-likeness (QED) is 0.435. The van der Waals surface area contributed by atoms with Gasteiger partial charge in [0.15, 0.2) is 12.1 Å². The van der Waals surface area contributed by atoms with Crippen molar-refractivity contribution in [3.8, 4) is 0 Å². The highest BCUT2D eigenvalue weighted by Gasteiger charge is 2.24. The minimum Gasteiger partial charge on any atom is -0.458 e. The summed E-state index contributed by atoms with van der Waals surface area (Å²) in [7, 11) is 0. The van der Waals surface area contributed by atoms with E-state index in [1.165, 1.54) is 0 Å². The molecule has 0 fully saturated rings. The Hall–Kier alpha value is -1.14. The maximum absolute atomic E-state index is 11.4. The van der Waals surface area contributed by atoms with E-state index in [9.17, 15) is 9.59 Å². The summed E-state index contributed by atoms with van der Waals surface area (Å²) in [5.41, 5.74) is 7.42. The van der Waals surface area contributed by atoms with Crippen LogP contribution in [-0.4, -0.2) is 37.2 Å². The highest BCUT2D eigenvalue weighted by Crippen LogP contribution is 2.00. The summed E-state index contributed by atoms with van der Waals surface area (Å²) >= 11 is 0. The van der Waals surface area contributed by atoms with Crippen LogP contribution in [0.3, 0.4) is 0 Å².